The van der Waals surface area contributed by atoms with Crippen LogP contribution in [0.4, 0.5) is 4.39 Å². The Morgan fingerprint density at radius 2 is 1.95 bits per heavy atom. The van der Waals surface area contributed by atoms with Gasteiger partial charge >= 0.3 is 20.2 Å². The van der Waals surface area contributed by atoms with E-state index in [1.807, 2.05) is 54.4 Å². The number of aromatic amines is 1. The summed E-state index contributed by atoms with van der Waals surface area (Å²) in [6, 6.07) is 12.7. The summed E-state index contributed by atoms with van der Waals surface area (Å²) in [5.74, 6) is -1.09. The summed E-state index contributed by atoms with van der Waals surface area (Å²) in [5, 5.41) is 4.95. The second-order valence-electron chi connectivity index (χ2n) is 9.46. The van der Waals surface area contributed by atoms with Gasteiger partial charge in [-0.2, -0.15) is 4.39 Å². The lowest BCUT2D eigenvalue weighted by Gasteiger charge is -2.24. The average molecular weight is 548 g/mol. The maximum Gasteiger partial charge on any atom is 0.330 e. The Labute approximate surface area is 220 Å². The van der Waals surface area contributed by atoms with Crippen molar-refractivity contribution < 1.29 is 27.7 Å². The Bertz CT molecular complexity index is 1390. The second-order valence-corrected chi connectivity index (χ2v) is 10.7. The highest BCUT2D eigenvalue weighted by atomic mass is 31.2. The number of carbonyl (C=O) groups excluding carboxylic acids is 1. The van der Waals surface area contributed by atoms with E-state index < -0.39 is 49.9 Å². The molecule has 5 atom stereocenters. The zero-order valence-electron chi connectivity index (χ0n) is 21.5. The van der Waals surface area contributed by atoms with Crippen LogP contribution >= 0.6 is 8.53 Å². The fourth-order valence-electron chi connectivity index (χ4n) is 4.17. The second kappa shape index (κ2) is 12.2. The molecule has 38 heavy (non-hydrogen) atoms. The van der Waals surface area contributed by atoms with E-state index in [1.54, 1.807) is 20.8 Å². The van der Waals surface area contributed by atoms with Crippen LogP contribution in [-0.4, -0.2) is 40.4 Å². The zero-order chi connectivity index (χ0) is 27.4. The summed E-state index contributed by atoms with van der Waals surface area (Å²) in [5.41, 5.74) is -1.83. The lowest BCUT2D eigenvalue weighted by molar-refractivity contribution is -0.149. The van der Waals surface area contributed by atoms with Crippen molar-refractivity contribution in [1.82, 2.24) is 14.6 Å². The maximum atomic E-state index is 13.8. The molecule has 12 heteroatoms. The summed E-state index contributed by atoms with van der Waals surface area (Å²) >= 11 is 0. The molecule has 0 aliphatic carbocycles. The van der Waals surface area contributed by atoms with E-state index in [0.29, 0.717) is 12.2 Å². The number of hydrogen-bond donors (Lipinski definition) is 2. The maximum absolute atomic E-state index is 13.8. The molecule has 0 radical (unpaired) electrons. The first-order valence-corrected chi connectivity index (χ1v) is 13.5. The SMILES string of the molecule is CC(C)OC(=O)C(C)N[P@](OCC1C[C@H](C)C(n2cc(F)c(=O)[nH]c2=O)O1)Oc1cccc2ccccc12. The van der Waals surface area contributed by atoms with Crippen molar-refractivity contribution in [1.29, 1.82) is 0 Å². The Morgan fingerprint density at radius 1 is 1.21 bits per heavy atom. The van der Waals surface area contributed by atoms with E-state index in [0.717, 1.165) is 21.5 Å². The molecular weight excluding hydrogens is 516 g/mol. The molecule has 2 aromatic carbocycles. The van der Waals surface area contributed by atoms with Gasteiger partial charge in [-0.25, -0.2) is 9.88 Å². The monoisotopic (exact) mass is 547 g/mol. The molecule has 1 aliphatic heterocycles. The molecule has 4 rings (SSSR count). The van der Waals surface area contributed by atoms with Gasteiger partial charge in [-0.3, -0.25) is 19.1 Å². The van der Waals surface area contributed by atoms with Crippen LogP contribution in [0, 0.1) is 11.7 Å². The number of carbonyl (C=O) groups is 1. The first-order valence-electron chi connectivity index (χ1n) is 12.3. The normalized spacial score (nSPS) is 20.9. The van der Waals surface area contributed by atoms with Gasteiger partial charge in [0, 0.05) is 11.3 Å². The minimum Gasteiger partial charge on any atom is -0.462 e. The quantitative estimate of drug-likeness (QED) is 0.289. The van der Waals surface area contributed by atoms with Crippen molar-refractivity contribution in [3.05, 3.63) is 75.3 Å². The molecule has 0 saturated carbocycles. The summed E-state index contributed by atoms with van der Waals surface area (Å²) in [6.45, 7) is 7.14. The van der Waals surface area contributed by atoms with Crippen molar-refractivity contribution >= 4 is 25.3 Å². The molecular formula is C26H31FN3O7P. The fourth-order valence-corrected chi connectivity index (χ4v) is 5.41. The molecule has 3 aromatic rings. The number of fused-ring (bicyclic) bond motifs is 1. The summed E-state index contributed by atoms with van der Waals surface area (Å²) < 4.78 is 38.5. The van der Waals surface area contributed by atoms with E-state index in [1.165, 1.54) is 0 Å². The van der Waals surface area contributed by atoms with Crippen LogP contribution in [0.2, 0.25) is 0 Å². The largest absolute Gasteiger partial charge is 0.462 e. The third kappa shape index (κ3) is 6.66. The van der Waals surface area contributed by atoms with Crippen molar-refractivity contribution in [2.45, 2.75) is 58.6 Å². The van der Waals surface area contributed by atoms with Crippen molar-refractivity contribution in [3.8, 4) is 5.75 Å². The number of nitrogens with zero attached hydrogens (tertiary/aromatic N) is 1. The number of nitrogens with one attached hydrogen (secondary N) is 2. The molecule has 0 amide bonds. The van der Waals surface area contributed by atoms with Crippen molar-refractivity contribution in [3.63, 3.8) is 0 Å². The van der Waals surface area contributed by atoms with Crippen LogP contribution in [0.1, 0.15) is 40.3 Å². The van der Waals surface area contributed by atoms with Gasteiger partial charge in [0.25, 0.3) is 5.56 Å². The van der Waals surface area contributed by atoms with Crippen LogP contribution in [0.5, 0.6) is 5.75 Å². The predicted octanol–water partition coefficient (Wildman–Crippen LogP) is 4.00. The number of benzene rings is 2. The average Bonchev–Trinajstić information content (AvgIpc) is 3.24. The van der Waals surface area contributed by atoms with E-state index >= 15 is 0 Å². The smallest absolute Gasteiger partial charge is 0.330 e. The summed E-state index contributed by atoms with van der Waals surface area (Å²) in [7, 11) is -1.83. The van der Waals surface area contributed by atoms with Gasteiger partial charge in [-0.1, -0.05) is 43.3 Å². The van der Waals surface area contributed by atoms with E-state index in [4.69, 9.17) is 18.5 Å². The van der Waals surface area contributed by atoms with Gasteiger partial charge in [0.1, 0.15) is 18.0 Å². The number of rotatable bonds is 10. The third-order valence-electron chi connectivity index (χ3n) is 5.96. The number of ether oxygens (including phenoxy) is 2. The number of hydrogen-bond acceptors (Lipinski definition) is 8. The number of aromatic nitrogens is 2. The van der Waals surface area contributed by atoms with E-state index in [2.05, 4.69) is 5.09 Å². The van der Waals surface area contributed by atoms with Gasteiger partial charge < -0.3 is 18.5 Å². The highest BCUT2D eigenvalue weighted by Crippen LogP contribution is 2.41. The van der Waals surface area contributed by atoms with Gasteiger partial charge in [0.15, 0.2) is 0 Å². The van der Waals surface area contributed by atoms with Gasteiger partial charge in [0.2, 0.25) is 5.82 Å². The summed E-state index contributed by atoms with van der Waals surface area (Å²) in [4.78, 5) is 38.0. The predicted molar refractivity (Wildman–Crippen MR) is 140 cm³/mol. The van der Waals surface area contributed by atoms with Crippen LogP contribution in [-0.2, 0) is 18.8 Å². The lowest BCUT2D eigenvalue weighted by Crippen LogP contribution is -2.35. The molecule has 1 aliphatic rings. The Kier molecular flexibility index (Phi) is 8.94. The van der Waals surface area contributed by atoms with Crippen LogP contribution < -0.4 is 20.9 Å². The molecule has 204 valence electrons. The van der Waals surface area contributed by atoms with Crippen molar-refractivity contribution in [2.75, 3.05) is 6.61 Å². The van der Waals surface area contributed by atoms with Crippen molar-refractivity contribution in [2.24, 2.45) is 5.92 Å². The lowest BCUT2D eigenvalue weighted by atomic mass is 10.1. The molecule has 1 aromatic heterocycles. The Morgan fingerprint density at radius 3 is 2.71 bits per heavy atom. The minimum absolute atomic E-state index is 0.0802. The first kappa shape index (κ1) is 27.9. The molecule has 3 unspecified atom stereocenters. The molecule has 1 fully saturated rings. The fraction of sp³-hybridized carbons (Fsp3) is 0.423. The molecule has 2 heterocycles. The van der Waals surface area contributed by atoms with Gasteiger partial charge in [-0.05, 0) is 38.6 Å². The molecule has 2 N–H and O–H groups in total. The van der Waals surface area contributed by atoms with Crippen LogP contribution in [0.15, 0.2) is 58.3 Å². The first-order chi connectivity index (χ1) is 18.1. The molecule has 1 saturated heterocycles. The molecule has 10 nitrogen and oxygen atoms in total. The standard InChI is InChI=1S/C26H31FN3O7P/c1-15(2)35-25(32)17(4)29-38(37-22-11-7-9-18-8-5-6-10-20(18)22)34-14-19-12-16(3)24(36-19)30-13-21(27)23(31)28-26(30)33/h5-11,13,15-17,19,24,29H,12,14H2,1-4H3,(H,28,31,33)/t16-,17?,19?,24?,38+/m0/s1. The number of halogens is 1. The molecule has 0 spiro atoms. The highest BCUT2D eigenvalue weighted by Gasteiger charge is 2.36. The van der Waals surface area contributed by atoms with Crippen LogP contribution in [0.3, 0.4) is 0 Å². The van der Waals surface area contributed by atoms with Crippen LogP contribution in [0.25, 0.3) is 10.8 Å². The third-order valence-corrected chi connectivity index (χ3v) is 7.31. The van der Waals surface area contributed by atoms with E-state index in [9.17, 15) is 18.8 Å². The highest BCUT2D eigenvalue weighted by molar-refractivity contribution is 7.45. The topological polar surface area (TPSA) is 121 Å². The van der Waals surface area contributed by atoms with E-state index in [-0.39, 0.29) is 18.6 Å². The summed E-state index contributed by atoms with van der Waals surface area (Å²) in [6.07, 6.45) is -0.131. The van der Waals surface area contributed by atoms with Gasteiger partial charge in [-0.15, -0.1) is 0 Å². The van der Waals surface area contributed by atoms with Gasteiger partial charge in [0.05, 0.1) is 25.0 Å². The zero-order valence-corrected chi connectivity index (χ0v) is 22.4. The number of esters is 1. The molecule has 0 bridgehead atoms. The minimum atomic E-state index is -1.83. The number of H-pyrrole nitrogens is 1. The Hall–Kier alpha value is -3.11. The Balaban J connectivity index is 1.49.